The van der Waals surface area contributed by atoms with Crippen molar-refractivity contribution in [1.82, 2.24) is 26.4 Å². The third kappa shape index (κ3) is 8.04. The first-order chi connectivity index (χ1) is 19.0. The summed E-state index contributed by atoms with van der Waals surface area (Å²) in [6.07, 6.45) is 5.19. The summed E-state index contributed by atoms with van der Waals surface area (Å²) in [5.41, 5.74) is 10.1. The van der Waals surface area contributed by atoms with Crippen LogP contribution in [0.1, 0.15) is 52.4 Å². The summed E-state index contributed by atoms with van der Waals surface area (Å²) >= 11 is 0. The number of aromatic nitrogens is 1. The number of amidine groups is 1. The number of carbonyl (C=O) groups excluding carboxylic acids is 1. The van der Waals surface area contributed by atoms with Crippen molar-refractivity contribution >= 4 is 11.7 Å². The number of nitrogens with zero attached hydrogens (tertiary/aromatic N) is 3. The van der Waals surface area contributed by atoms with Crippen LogP contribution < -0.4 is 21.1 Å². The fourth-order valence-corrected chi connectivity index (χ4v) is 4.70. The molecular weight excluding hydrogens is 488 g/mol. The molecule has 4 rings (SSSR count). The van der Waals surface area contributed by atoms with E-state index in [0.717, 1.165) is 66.9 Å². The average molecular weight is 529 g/mol. The molecule has 3 N–H and O–H groups in total. The normalized spacial score (nSPS) is 13.1. The van der Waals surface area contributed by atoms with Gasteiger partial charge in [-0.1, -0.05) is 74.5 Å². The summed E-state index contributed by atoms with van der Waals surface area (Å²) in [5.74, 6) is 1.72. The number of ether oxygens (including phenoxy) is 1. The quantitative estimate of drug-likeness (QED) is 0.238. The number of nitrogens with one attached hydrogen (secondary N) is 3. The minimum absolute atomic E-state index is 0.0808. The van der Waals surface area contributed by atoms with Crippen molar-refractivity contribution in [3.8, 4) is 28.3 Å². The van der Waals surface area contributed by atoms with E-state index < -0.39 is 0 Å². The minimum atomic E-state index is -0.108. The van der Waals surface area contributed by atoms with E-state index in [1.807, 2.05) is 42.5 Å². The number of carbonyl (C=O) groups is 1. The van der Waals surface area contributed by atoms with E-state index in [4.69, 9.17) is 9.72 Å². The van der Waals surface area contributed by atoms with Gasteiger partial charge < -0.3 is 10.1 Å². The maximum Gasteiger partial charge on any atom is 0.219 e. The van der Waals surface area contributed by atoms with E-state index in [0.29, 0.717) is 18.9 Å². The highest BCUT2D eigenvalue weighted by molar-refractivity contribution is 5.87. The zero-order chi connectivity index (χ0) is 27.5. The molecule has 0 bridgehead atoms. The Kier molecular flexibility index (Phi) is 9.91. The van der Waals surface area contributed by atoms with Crippen LogP contribution in [0.15, 0.2) is 77.9 Å². The summed E-state index contributed by atoms with van der Waals surface area (Å²) in [7, 11) is 1.67. The summed E-state index contributed by atoms with van der Waals surface area (Å²) in [6.45, 7) is 5.83. The molecule has 1 aromatic heterocycles. The highest BCUT2D eigenvalue weighted by Gasteiger charge is 2.32. The number of amides is 1. The smallest absolute Gasteiger partial charge is 0.219 e. The van der Waals surface area contributed by atoms with Crippen molar-refractivity contribution in [2.24, 2.45) is 10.5 Å². The van der Waals surface area contributed by atoms with E-state index in [1.54, 1.807) is 7.05 Å². The molecule has 8 nitrogen and oxygen atoms in total. The summed E-state index contributed by atoms with van der Waals surface area (Å²) in [4.78, 5) is 16.3. The van der Waals surface area contributed by atoms with Gasteiger partial charge in [-0.25, -0.2) is 10.5 Å². The lowest BCUT2D eigenvalue weighted by Crippen LogP contribution is -2.46. The third-order valence-corrected chi connectivity index (χ3v) is 6.95. The fourth-order valence-electron chi connectivity index (χ4n) is 4.70. The predicted octanol–water partition coefficient (Wildman–Crippen LogP) is 5.55. The lowest BCUT2D eigenvalue weighted by atomic mass is 9.85. The number of hydrogen-bond acceptors (Lipinski definition) is 7. The van der Waals surface area contributed by atoms with Crippen LogP contribution in [0.5, 0.6) is 5.88 Å². The minimum Gasteiger partial charge on any atom is -0.478 e. The molecule has 0 saturated heterocycles. The van der Waals surface area contributed by atoms with Crippen molar-refractivity contribution in [3.05, 3.63) is 72.8 Å². The van der Waals surface area contributed by atoms with Gasteiger partial charge >= 0.3 is 0 Å². The van der Waals surface area contributed by atoms with Crippen LogP contribution in [0.2, 0.25) is 0 Å². The Morgan fingerprint density at radius 1 is 0.923 bits per heavy atom. The molecule has 39 heavy (non-hydrogen) atoms. The van der Waals surface area contributed by atoms with Crippen LogP contribution in [0.25, 0.3) is 22.4 Å². The molecule has 0 atom stereocenters. The molecule has 0 fully saturated rings. The van der Waals surface area contributed by atoms with Crippen molar-refractivity contribution in [2.45, 2.75) is 52.4 Å². The lowest BCUT2D eigenvalue weighted by molar-refractivity contribution is -0.120. The van der Waals surface area contributed by atoms with Crippen LogP contribution in [0.4, 0.5) is 0 Å². The Morgan fingerprint density at radius 3 is 2.36 bits per heavy atom. The Hall–Kier alpha value is -3.91. The molecule has 0 saturated carbocycles. The molecule has 0 aliphatic carbocycles. The molecule has 2 aromatic carbocycles. The van der Waals surface area contributed by atoms with Gasteiger partial charge in [0, 0.05) is 37.1 Å². The monoisotopic (exact) mass is 528 g/mol. The molecule has 1 aliphatic rings. The standard InChI is InChI=1S/C31H40N6O2/c1-31(2,30-34-35-36-37(30)20-12-10-18-28(38)32-3)19-11-13-21-39-29-23-26(24-14-6-4-7-15-24)22-27(33-29)25-16-8-5-9-17-25/h4-9,14-17,22-23,35-36H,10-13,18-21H2,1-3H3,(H,32,38). The maximum atomic E-state index is 11.5. The first-order valence-electron chi connectivity index (χ1n) is 13.8. The second kappa shape index (κ2) is 13.8. The second-order valence-corrected chi connectivity index (χ2v) is 10.4. The summed E-state index contributed by atoms with van der Waals surface area (Å²) in [5, 5.41) is 9.24. The Labute approximate surface area is 231 Å². The molecule has 0 unspecified atom stereocenters. The van der Waals surface area contributed by atoms with E-state index in [-0.39, 0.29) is 11.3 Å². The van der Waals surface area contributed by atoms with E-state index >= 15 is 0 Å². The third-order valence-electron chi connectivity index (χ3n) is 6.95. The van der Waals surface area contributed by atoms with E-state index in [1.165, 1.54) is 0 Å². The molecule has 8 heteroatoms. The van der Waals surface area contributed by atoms with Crippen LogP contribution in [-0.2, 0) is 4.79 Å². The van der Waals surface area contributed by atoms with Crippen LogP contribution in [0, 0.1) is 5.41 Å². The van der Waals surface area contributed by atoms with Gasteiger partial charge in [0.25, 0.3) is 0 Å². The maximum absolute atomic E-state index is 11.5. The second-order valence-electron chi connectivity index (χ2n) is 10.4. The van der Waals surface area contributed by atoms with E-state index in [2.05, 4.69) is 70.7 Å². The number of rotatable bonds is 14. The first-order valence-corrected chi connectivity index (χ1v) is 13.8. The predicted molar refractivity (Wildman–Crippen MR) is 157 cm³/mol. The van der Waals surface area contributed by atoms with E-state index in [9.17, 15) is 4.79 Å². The average Bonchev–Trinajstić information content (AvgIpc) is 3.45. The number of hydrogen-bond donors (Lipinski definition) is 3. The Morgan fingerprint density at radius 2 is 1.64 bits per heavy atom. The van der Waals surface area contributed by atoms with Gasteiger partial charge in [-0.3, -0.25) is 9.80 Å². The number of benzene rings is 2. The highest BCUT2D eigenvalue weighted by atomic mass is 16.5. The largest absolute Gasteiger partial charge is 0.478 e. The van der Waals surface area contributed by atoms with Gasteiger partial charge in [-0.15, -0.1) is 10.6 Å². The highest BCUT2D eigenvalue weighted by Crippen LogP contribution is 2.30. The molecule has 1 amide bonds. The fraction of sp³-hybridized carbons (Fsp3) is 0.387. The SMILES string of the molecule is CNC(=O)CCCCN1NNN=C1C(C)(C)CCCCOc1cc(-c2ccccc2)cc(-c2ccccc2)n1. The number of unbranched alkanes of at least 4 members (excludes halogenated alkanes) is 2. The van der Waals surface area contributed by atoms with Crippen LogP contribution in [0.3, 0.4) is 0 Å². The van der Waals surface area contributed by atoms with Crippen molar-refractivity contribution in [2.75, 3.05) is 20.2 Å². The Balaban J connectivity index is 1.30. The molecule has 3 aromatic rings. The van der Waals surface area contributed by atoms with Gasteiger partial charge in [-0.05, 0) is 49.3 Å². The molecule has 206 valence electrons. The van der Waals surface area contributed by atoms with Crippen molar-refractivity contribution in [1.29, 1.82) is 0 Å². The first kappa shape index (κ1) is 28.1. The Bertz CT molecular complexity index is 1170. The van der Waals surface area contributed by atoms with Crippen LogP contribution >= 0.6 is 0 Å². The van der Waals surface area contributed by atoms with Gasteiger partial charge in [0.15, 0.2) is 0 Å². The topological polar surface area (TPSA) is 90.9 Å². The molecule has 1 aliphatic heterocycles. The van der Waals surface area contributed by atoms with Crippen molar-refractivity contribution < 1.29 is 9.53 Å². The van der Waals surface area contributed by atoms with Gasteiger partial charge in [-0.2, -0.15) is 0 Å². The van der Waals surface area contributed by atoms with Crippen LogP contribution in [-0.4, -0.2) is 41.9 Å². The molecule has 0 radical (unpaired) electrons. The number of pyridine rings is 1. The molecule has 2 heterocycles. The van der Waals surface area contributed by atoms with Gasteiger partial charge in [0.05, 0.1) is 12.3 Å². The van der Waals surface area contributed by atoms with Gasteiger partial charge in [0.2, 0.25) is 11.8 Å². The number of hydrazone groups is 1. The lowest BCUT2D eigenvalue weighted by Gasteiger charge is -2.30. The molecule has 0 spiro atoms. The zero-order valence-corrected chi connectivity index (χ0v) is 23.2. The summed E-state index contributed by atoms with van der Waals surface area (Å²) < 4.78 is 6.18. The molecular formula is C31H40N6O2. The number of hydrazine groups is 2. The summed E-state index contributed by atoms with van der Waals surface area (Å²) in [6, 6.07) is 24.7. The van der Waals surface area contributed by atoms with Gasteiger partial charge in [0.1, 0.15) is 5.84 Å². The van der Waals surface area contributed by atoms with Crippen molar-refractivity contribution in [3.63, 3.8) is 0 Å². The zero-order valence-electron chi connectivity index (χ0n) is 23.2.